The van der Waals surface area contributed by atoms with Gasteiger partial charge in [0.05, 0.1) is 42.5 Å². The molecule has 0 aliphatic rings. The smallest absolute Gasteiger partial charge is 0.267 e. The van der Waals surface area contributed by atoms with Gasteiger partial charge in [-0.25, -0.2) is 8.78 Å². The van der Waals surface area contributed by atoms with Crippen LogP contribution in [0.15, 0.2) is 18.5 Å². The van der Waals surface area contributed by atoms with E-state index in [1.807, 2.05) is 52.4 Å². The van der Waals surface area contributed by atoms with Crippen LogP contribution in [0.5, 0.6) is 0 Å². The van der Waals surface area contributed by atoms with Gasteiger partial charge in [-0.3, -0.25) is 9.78 Å². The summed E-state index contributed by atoms with van der Waals surface area (Å²) in [5.74, 6) is 0. The zero-order valence-corrected chi connectivity index (χ0v) is 15.9. The van der Waals surface area contributed by atoms with Crippen LogP contribution in [0.4, 0.5) is 8.78 Å². The van der Waals surface area contributed by atoms with Crippen LogP contribution in [-0.2, 0) is 29.7 Å². The van der Waals surface area contributed by atoms with Crippen molar-refractivity contribution in [2.75, 3.05) is 6.61 Å². The van der Waals surface area contributed by atoms with Crippen LogP contribution in [0.25, 0.3) is 0 Å². The Morgan fingerprint density at radius 2 is 1.92 bits per heavy atom. The van der Waals surface area contributed by atoms with Gasteiger partial charge in [-0.15, -0.1) is 0 Å². The van der Waals surface area contributed by atoms with Crippen LogP contribution in [0.3, 0.4) is 0 Å². The number of nitrogens with zero attached hydrogens (tertiary/aromatic N) is 3. The van der Waals surface area contributed by atoms with Crippen molar-refractivity contribution >= 4 is 0 Å². The summed E-state index contributed by atoms with van der Waals surface area (Å²) >= 11 is 0. The molecule has 0 amide bonds. The van der Waals surface area contributed by atoms with Crippen molar-refractivity contribution in [1.82, 2.24) is 20.0 Å². The third-order valence-corrected chi connectivity index (χ3v) is 2.92. The van der Waals surface area contributed by atoms with Crippen LogP contribution in [0.2, 0.25) is 0 Å². The Kier molecular flexibility index (Phi) is 12.5. The van der Waals surface area contributed by atoms with Crippen LogP contribution in [-0.4, -0.2) is 32.7 Å². The van der Waals surface area contributed by atoms with Crippen molar-refractivity contribution in [2.24, 2.45) is 7.05 Å². The van der Waals surface area contributed by atoms with E-state index in [4.69, 9.17) is 9.47 Å². The third kappa shape index (κ3) is 9.31. The lowest BCUT2D eigenvalue weighted by Crippen LogP contribution is -2.04. The maximum absolute atomic E-state index is 12.3. The van der Waals surface area contributed by atoms with Crippen molar-refractivity contribution < 1.29 is 18.3 Å². The van der Waals surface area contributed by atoms with Gasteiger partial charge in [0.1, 0.15) is 0 Å². The van der Waals surface area contributed by atoms with Gasteiger partial charge in [-0.2, -0.15) is 10.2 Å². The van der Waals surface area contributed by atoms with Gasteiger partial charge < -0.3 is 9.47 Å². The fourth-order valence-corrected chi connectivity index (χ4v) is 1.63. The highest BCUT2D eigenvalue weighted by Crippen LogP contribution is 2.21. The molecule has 25 heavy (non-hydrogen) atoms. The summed E-state index contributed by atoms with van der Waals surface area (Å²) in [7, 11) is 1.91. The maximum atomic E-state index is 12.3. The van der Waals surface area contributed by atoms with Crippen molar-refractivity contribution in [3.63, 3.8) is 0 Å². The average Bonchev–Trinajstić information content (AvgIpc) is 3.22. The summed E-state index contributed by atoms with van der Waals surface area (Å²) in [5.41, 5.74) is 1.38. The number of aryl methyl sites for hydroxylation is 1. The van der Waals surface area contributed by atoms with E-state index in [1.54, 1.807) is 6.20 Å². The first kappa shape index (κ1) is 23.2. The van der Waals surface area contributed by atoms with E-state index in [9.17, 15) is 8.78 Å². The standard InChI is InChI=1S/C8H12F2N2O.C7H12N2O.C2H6/c1-5(2)13-4-7-6(8(9)10)3-11-12-7;1-3-10-6-7-4-5-8-9(7)2;1-2/h3,5,8H,4H2,1-2H3,(H,11,12);4-5H,3,6H2,1-2H3;1-2H3. The Labute approximate surface area is 148 Å². The van der Waals surface area contributed by atoms with Gasteiger partial charge in [0.15, 0.2) is 0 Å². The third-order valence-electron chi connectivity index (χ3n) is 2.92. The molecule has 0 aromatic carbocycles. The van der Waals surface area contributed by atoms with Gasteiger partial charge in [0.25, 0.3) is 6.43 Å². The normalized spacial score (nSPS) is 10.3. The lowest BCUT2D eigenvalue weighted by atomic mass is 10.2. The fourth-order valence-electron chi connectivity index (χ4n) is 1.63. The van der Waals surface area contributed by atoms with Gasteiger partial charge >= 0.3 is 0 Å². The molecule has 2 aromatic rings. The molecule has 2 aromatic heterocycles. The van der Waals surface area contributed by atoms with Crippen molar-refractivity contribution in [3.05, 3.63) is 35.4 Å². The molecule has 0 atom stereocenters. The number of rotatable bonds is 7. The number of alkyl halides is 2. The number of halogens is 2. The second kappa shape index (κ2) is 13.5. The Hall–Kier alpha value is -1.80. The molecule has 1 N–H and O–H groups in total. The van der Waals surface area contributed by atoms with Crippen LogP contribution >= 0.6 is 0 Å². The summed E-state index contributed by atoms with van der Waals surface area (Å²) in [6, 6.07) is 1.95. The van der Waals surface area contributed by atoms with Crippen molar-refractivity contribution in [3.8, 4) is 0 Å². The minimum atomic E-state index is -2.50. The number of hydrogen-bond acceptors (Lipinski definition) is 4. The molecule has 0 saturated carbocycles. The first-order chi connectivity index (χ1) is 12.0. The second-order valence-corrected chi connectivity index (χ2v) is 5.05. The molecule has 8 heteroatoms. The fraction of sp³-hybridized carbons (Fsp3) is 0.647. The van der Waals surface area contributed by atoms with E-state index < -0.39 is 6.43 Å². The van der Waals surface area contributed by atoms with Crippen molar-refractivity contribution in [1.29, 1.82) is 0 Å². The maximum Gasteiger partial charge on any atom is 0.267 e. The SMILES string of the molecule is CC.CC(C)OCc1[nH]ncc1C(F)F.CCOCc1ccnn1C. The summed E-state index contributed by atoms with van der Waals surface area (Å²) in [5, 5.41) is 10.0. The first-order valence-corrected chi connectivity index (χ1v) is 8.42. The molecule has 0 unspecified atom stereocenters. The number of nitrogens with one attached hydrogen (secondary N) is 1. The Balaban J connectivity index is 0.000000430. The quantitative estimate of drug-likeness (QED) is 0.801. The number of ether oxygens (including phenoxy) is 2. The molecular formula is C17H30F2N4O2. The van der Waals surface area contributed by atoms with E-state index in [1.165, 1.54) is 0 Å². The van der Waals surface area contributed by atoms with E-state index >= 15 is 0 Å². The second-order valence-electron chi connectivity index (χ2n) is 5.05. The zero-order valence-electron chi connectivity index (χ0n) is 15.9. The zero-order chi connectivity index (χ0) is 19.2. The molecule has 0 saturated heterocycles. The molecule has 0 radical (unpaired) electrons. The molecule has 0 bridgehead atoms. The Morgan fingerprint density at radius 3 is 2.40 bits per heavy atom. The largest absolute Gasteiger partial charge is 0.375 e. The van der Waals surface area contributed by atoms with E-state index in [0.717, 1.165) is 18.5 Å². The molecule has 2 heterocycles. The molecule has 2 rings (SSSR count). The molecule has 0 spiro atoms. The van der Waals surface area contributed by atoms with Gasteiger partial charge in [0, 0.05) is 19.9 Å². The summed E-state index contributed by atoms with van der Waals surface area (Å²) in [6.07, 6.45) is 0.427. The number of aromatic nitrogens is 4. The summed E-state index contributed by atoms with van der Waals surface area (Å²) in [6.45, 7) is 11.2. The predicted molar refractivity (Wildman–Crippen MR) is 93.4 cm³/mol. The lowest BCUT2D eigenvalue weighted by Gasteiger charge is -2.06. The highest BCUT2D eigenvalue weighted by molar-refractivity contribution is 5.16. The first-order valence-electron chi connectivity index (χ1n) is 8.42. The van der Waals surface area contributed by atoms with E-state index in [2.05, 4.69) is 15.3 Å². The minimum absolute atomic E-state index is 0.0221. The monoisotopic (exact) mass is 360 g/mol. The highest BCUT2D eigenvalue weighted by atomic mass is 19.3. The van der Waals surface area contributed by atoms with Crippen LogP contribution < -0.4 is 0 Å². The topological polar surface area (TPSA) is 65.0 Å². The molecule has 0 aliphatic heterocycles. The minimum Gasteiger partial charge on any atom is -0.375 e. The number of hydrogen-bond donors (Lipinski definition) is 1. The highest BCUT2D eigenvalue weighted by Gasteiger charge is 2.14. The lowest BCUT2D eigenvalue weighted by molar-refractivity contribution is 0.0602. The number of H-pyrrole nitrogens is 1. The molecule has 144 valence electrons. The molecule has 6 nitrogen and oxygen atoms in total. The summed E-state index contributed by atoms with van der Waals surface area (Å²) in [4.78, 5) is 0. The average molecular weight is 360 g/mol. The van der Waals surface area contributed by atoms with E-state index in [-0.39, 0.29) is 18.3 Å². The molecular weight excluding hydrogens is 330 g/mol. The Morgan fingerprint density at radius 1 is 1.24 bits per heavy atom. The predicted octanol–water partition coefficient (Wildman–Crippen LogP) is 4.26. The molecule has 0 fully saturated rings. The van der Waals surface area contributed by atoms with Crippen molar-refractivity contribution in [2.45, 2.75) is 60.4 Å². The van der Waals surface area contributed by atoms with Gasteiger partial charge in [-0.1, -0.05) is 13.8 Å². The van der Waals surface area contributed by atoms with Gasteiger partial charge in [0.2, 0.25) is 0 Å². The van der Waals surface area contributed by atoms with Gasteiger partial charge in [-0.05, 0) is 26.8 Å². The summed E-state index contributed by atoms with van der Waals surface area (Å²) < 4.78 is 36.7. The Bertz CT molecular complexity index is 556. The van der Waals surface area contributed by atoms with Crippen LogP contribution in [0, 0.1) is 0 Å². The molecule has 0 aliphatic carbocycles. The van der Waals surface area contributed by atoms with Crippen LogP contribution in [0.1, 0.15) is 58.0 Å². The van der Waals surface area contributed by atoms with E-state index in [0.29, 0.717) is 12.3 Å². The number of aromatic amines is 1.